The highest BCUT2D eigenvalue weighted by atomic mass is 35.5. The molecule has 1 fully saturated rings. The van der Waals surface area contributed by atoms with E-state index in [4.69, 9.17) is 16.3 Å². The van der Waals surface area contributed by atoms with E-state index in [0.29, 0.717) is 18.7 Å². The van der Waals surface area contributed by atoms with Crippen LogP contribution in [0.25, 0.3) is 0 Å². The van der Waals surface area contributed by atoms with E-state index in [-0.39, 0.29) is 16.6 Å². The molecule has 0 bridgehead atoms. The Balaban J connectivity index is 2.15. The molecule has 0 aromatic carbocycles. The molecule has 118 valence electrons. The molecule has 1 aromatic rings. The van der Waals surface area contributed by atoms with Gasteiger partial charge in [-0.05, 0) is 38.0 Å². The number of rotatable bonds is 7. The number of hydrogen-bond donors (Lipinski definition) is 1. The topological polar surface area (TPSA) is 64.1 Å². The molecule has 6 heteroatoms. The van der Waals surface area contributed by atoms with Gasteiger partial charge in [0, 0.05) is 20.3 Å². The van der Waals surface area contributed by atoms with Crippen LogP contribution >= 0.6 is 11.6 Å². The van der Waals surface area contributed by atoms with E-state index in [1.54, 1.807) is 7.11 Å². The fourth-order valence-electron chi connectivity index (χ4n) is 3.02. The molecule has 5 nitrogen and oxygen atoms in total. The molecule has 0 saturated heterocycles. The van der Waals surface area contributed by atoms with Crippen molar-refractivity contribution in [2.45, 2.75) is 57.4 Å². The number of nitrogens with zero attached hydrogens (tertiary/aromatic N) is 1. The Morgan fingerprint density at radius 1 is 1.24 bits per heavy atom. The minimum Gasteiger partial charge on any atom is -0.385 e. The molecule has 1 heterocycles. The molecule has 0 atom stereocenters. The number of unbranched alkanes of at least 4 members (excludes halogenated alkanes) is 2. The standard InChI is InChI=1S/C15H23ClN2O3/c1-21-10-6-2-5-9-18-14(19)12(11-7-3-4-8-11)13(16)17-15(18)20/h11H,2-10H2,1H3,(H,17,20). The van der Waals surface area contributed by atoms with Gasteiger partial charge in [-0.2, -0.15) is 0 Å². The highest BCUT2D eigenvalue weighted by molar-refractivity contribution is 6.30. The van der Waals surface area contributed by atoms with E-state index < -0.39 is 5.69 Å². The van der Waals surface area contributed by atoms with Crippen LogP contribution < -0.4 is 11.2 Å². The van der Waals surface area contributed by atoms with Gasteiger partial charge >= 0.3 is 5.69 Å². The first-order chi connectivity index (χ1) is 10.1. The van der Waals surface area contributed by atoms with Crippen molar-refractivity contribution in [2.24, 2.45) is 0 Å². The van der Waals surface area contributed by atoms with Crippen molar-refractivity contribution in [3.05, 3.63) is 31.6 Å². The number of aromatic amines is 1. The van der Waals surface area contributed by atoms with Crippen LogP contribution in [0.15, 0.2) is 9.59 Å². The van der Waals surface area contributed by atoms with E-state index in [0.717, 1.165) is 44.9 Å². The van der Waals surface area contributed by atoms with Crippen LogP contribution in [0.4, 0.5) is 0 Å². The fourth-order valence-corrected chi connectivity index (χ4v) is 3.34. The normalized spacial score (nSPS) is 15.7. The minimum atomic E-state index is -0.404. The molecule has 1 aliphatic rings. The van der Waals surface area contributed by atoms with Crippen molar-refractivity contribution in [3.63, 3.8) is 0 Å². The number of halogens is 1. The molecule has 1 N–H and O–H groups in total. The van der Waals surface area contributed by atoms with Gasteiger partial charge in [-0.25, -0.2) is 4.79 Å². The van der Waals surface area contributed by atoms with Crippen LogP contribution in [0.5, 0.6) is 0 Å². The summed E-state index contributed by atoms with van der Waals surface area (Å²) in [5.41, 5.74) is -0.00784. The molecule has 21 heavy (non-hydrogen) atoms. The summed E-state index contributed by atoms with van der Waals surface area (Å²) in [6, 6.07) is 0. The van der Waals surface area contributed by atoms with Gasteiger partial charge in [0.25, 0.3) is 5.56 Å². The van der Waals surface area contributed by atoms with Crippen molar-refractivity contribution >= 4 is 11.6 Å². The number of hydrogen-bond acceptors (Lipinski definition) is 3. The first-order valence-electron chi connectivity index (χ1n) is 7.66. The van der Waals surface area contributed by atoms with E-state index in [9.17, 15) is 9.59 Å². The van der Waals surface area contributed by atoms with Crippen LogP contribution in [0.2, 0.25) is 5.15 Å². The molecule has 1 aromatic heterocycles. The third-order valence-electron chi connectivity index (χ3n) is 4.17. The quantitative estimate of drug-likeness (QED) is 0.621. The van der Waals surface area contributed by atoms with Crippen molar-refractivity contribution in [3.8, 4) is 0 Å². The Labute approximate surface area is 129 Å². The summed E-state index contributed by atoms with van der Waals surface area (Å²) in [4.78, 5) is 27.1. The molecule has 0 amide bonds. The maximum absolute atomic E-state index is 12.6. The lowest BCUT2D eigenvalue weighted by molar-refractivity contribution is 0.191. The Hall–Kier alpha value is -1.07. The lowest BCUT2D eigenvalue weighted by Crippen LogP contribution is -2.38. The average molecular weight is 315 g/mol. The van der Waals surface area contributed by atoms with Gasteiger partial charge in [-0.3, -0.25) is 14.3 Å². The zero-order chi connectivity index (χ0) is 15.2. The van der Waals surface area contributed by atoms with Gasteiger partial charge in [0.15, 0.2) is 0 Å². The lowest BCUT2D eigenvalue weighted by Gasteiger charge is -2.13. The predicted octanol–water partition coefficient (Wildman–Crippen LogP) is 2.66. The summed E-state index contributed by atoms with van der Waals surface area (Å²) >= 11 is 6.10. The van der Waals surface area contributed by atoms with E-state index in [2.05, 4.69) is 4.98 Å². The van der Waals surface area contributed by atoms with Crippen LogP contribution in [0, 0.1) is 0 Å². The molecular weight excluding hydrogens is 292 g/mol. The van der Waals surface area contributed by atoms with Crippen LogP contribution in [0.3, 0.4) is 0 Å². The number of aromatic nitrogens is 2. The molecule has 0 spiro atoms. The Kier molecular flexibility index (Phi) is 6.06. The average Bonchev–Trinajstić information content (AvgIpc) is 2.95. The van der Waals surface area contributed by atoms with Crippen LogP contribution in [-0.4, -0.2) is 23.3 Å². The first kappa shape index (κ1) is 16.3. The van der Waals surface area contributed by atoms with Gasteiger partial charge in [0.1, 0.15) is 5.15 Å². The Morgan fingerprint density at radius 3 is 2.62 bits per heavy atom. The third-order valence-corrected chi connectivity index (χ3v) is 4.47. The zero-order valence-electron chi connectivity index (χ0n) is 12.5. The Morgan fingerprint density at radius 2 is 1.95 bits per heavy atom. The van der Waals surface area contributed by atoms with Gasteiger partial charge in [-0.15, -0.1) is 0 Å². The molecule has 1 aliphatic carbocycles. The van der Waals surface area contributed by atoms with Gasteiger partial charge < -0.3 is 4.74 Å². The number of methoxy groups -OCH3 is 1. The van der Waals surface area contributed by atoms with Gasteiger partial charge in [0.05, 0.1) is 5.56 Å². The van der Waals surface area contributed by atoms with E-state index in [1.807, 2.05) is 0 Å². The summed E-state index contributed by atoms with van der Waals surface area (Å²) in [6.07, 6.45) is 6.86. The first-order valence-corrected chi connectivity index (χ1v) is 8.04. The second-order valence-corrected chi connectivity index (χ2v) is 6.03. The number of H-pyrrole nitrogens is 1. The maximum atomic E-state index is 12.6. The lowest BCUT2D eigenvalue weighted by atomic mass is 10.0. The van der Waals surface area contributed by atoms with E-state index in [1.165, 1.54) is 4.57 Å². The summed E-state index contributed by atoms with van der Waals surface area (Å²) in [5, 5.41) is 0.229. The second kappa shape index (κ2) is 7.80. The smallest absolute Gasteiger partial charge is 0.329 e. The van der Waals surface area contributed by atoms with Gasteiger partial charge in [0.2, 0.25) is 0 Å². The molecule has 0 radical (unpaired) electrons. The summed E-state index contributed by atoms with van der Waals surface area (Å²) in [7, 11) is 1.67. The predicted molar refractivity (Wildman–Crippen MR) is 83.3 cm³/mol. The number of nitrogens with one attached hydrogen (secondary N) is 1. The number of ether oxygens (including phenoxy) is 1. The van der Waals surface area contributed by atoms with Crippen molar-refractivity contribution in [1.29, 1.82) is 0 Å². The molecule has 0 aliphatic heterocycles. The SMILES string of the molecule is COCCCCCn1c(=O)[nH]c(Cl)c(C2CCCC2)c1=O. The summed E-state index contributed by atoms with van der Waals surface area (Å²) < 4.78 is 6.29. The van der Waals surface area contributed by atoms with Gasteiger partial charge in [-0.1, -0.05) is 24.4 Å². The Bertz CT molecular complexity index is 573. The second-order valence-electron chi connectivity index (χ2n) is 5.65. The van der Waals surface area contributed by atoms with Crippen molar-refractivity contribution in [2.75, 3.05) is 13.7 Å². The van der Waals surface area contributed by atoms with Crippen molar-refractivity contribution < 1.29 is 4.74 Å². The monoisotopic (exact) mass is 314 g/mol. The minimum absolute atomic E-state index is 0.196. The molecular formula is C15H23ClN2O3. The summed E-state index contributed by atoms with van der Waals surface area (Å²) in [5.74, 6) is 0.196. The fraction of sp³-hybridized carbons (Fsp3) is 0.733. The van der Waals surface area contributed by atoms with Crippen LogP contribution in [0.1, 0.15) is 56.4 Å². The highest BCUT2D eigenvalue weighted by Crippen LogP contribution is 2.34. The van der Waals surface area contributed by atoms with Crippen LogP contribution in [-0.2, 0) is 11.3 Å². The highest BCUT2D eigenvalue weighted by Gasteiger charge is 2.24. The summed E-state index contributed by atoms with van der Waals surface area (Å²) in [6.45, 7) is 1.15. The van der Waals surface area contributed by atoms with Crippen molar-refractivity contribution in [1.82, 2.24) is 9.55 Å². The largest absolute Gasteiger partial charge is 0.385 e. The van der Waals surface area contributed by atoms with E-state index >= 15 is 0 Å². The zero-order valence-corrected chi connectivity index (χ0v) is 13.2. The molecule has 0 unspecified atom stereocenters. The third kappa shape index (κ3) is 3.98. The molecule has 2 rings (SSSR count). The molecule has 1 saturated carbocycles. The maximum Gasteiger partial charge on any atom is 0.329 e.